The molecule has 23 heavy (non-hydrogen) atoms. The third kappa shape index (κ3) is 6.45. The number of carbonyl (C=O) groups is 1. The monoisotopic (exact) mass is 347 g/mol. The predicted octanol–water partition coefficient (Wildman–Crippen LogP) is 0.558. The maximum Gasteiger partial charge on any atom is 0.422 e. The lowest BCUT2D eigenvalue weighted by atomic mass is 10.2. The molecule has 132 valence electrons. The van der Waals surface area contributed by atoms with Gasteiger partial charge in [0.1, 0.15) is 5.60 Å². The summed E-state index contributed by atoms with van der Waals surface area (Å²) in [6.45, 7) is 5.61. The van der Waals surface area contributed by atoms with E-state index in [1.807, 2.05) is 23.7 Å². The zero-order valence-corrected chi connectivity index (χ0v) is 15.2. The Hall–Kier alpha value is -1.81. The summed E-state index contributed by atoms with van der Waals surface area (Å²) in [5.41, 5.74) is -0.423. The van der Waals surface area contributed by atoms with Gasteiger partial charge in [0.2, 0.25) is 0 Å². The molecule has 0 bridgehead atoms. The highest BCUT2D eigenvalue weighted by molar-refractivity contribution is 7.91. The van der Waals surface area contributed by atoms with Gasteiger partial charge in [-0.3, -0.25) is 4.68 Å². The van der Waals surface area contributed by atoms with Crippen LogP contribution in [0.5, 0.6) is 0 Å². The summed E-state index contributed by atoms with van der Waals surface area (Å²) in [7, 11) is 1.24. The van der Waals surface area contributed by atoms with E-state index in [-0.39, 0.29) is 6.54 Å². The highest BCUT2D eigenvalue weighted by Gasteiger charge is 2.28. The van der Waals surface area contributed by atoms with E-state index in [0.29, 0.717) is 12.2 Å². The van der Waals surface area contributed by atoms with Gasteiger partial charge in [-0.15, -0.1) is 0 Å². The van der Waals surface area contributed by atoms with Gasteiger partial charge < -0.3 is 9.64 Å². The second kappa shape index (κ2) is 7.18. The SMILES string of the molecule is CN(C)CCN(c1cnn(C)c1)S(=O)(=O)NC(=O)OC(C)(C)C. The lowest BCUT2D eigenvalue weighted by Crippen LogP contribution is -2.47. The Morgan fingerprint density at radius 1 is 1.35 bits per heavy atom. The zero-order chi connectivity index (χ0) is 17.8. The summed E-state index contributed by atoms with van der Waals surface area (Å²) in [6.07, 6.45) is 1.96. The van der Waals surface area contributed by atoms with Crippen LogP contribution in [0.25, 0.3) is 0 Å². The summed E-state index contributed by atoms with van der Waals surface area (Å²) in [4.78, 5) is 13.6. The van der Waals surface area contributed by atoms with Gasteiger partial charge in [0.05, 0.1) is 11.9 Å². The largest absolute Gasteiger partial charge is 0.443 e. The van der Waals surface area contributed by atoms with Gasteiger partial charge in [-0.05, 0) is 34.9 Å². The molecule has 1 aromatic rings. The molecule has 0 radical (unpaired) electrons. The van der Waals surface area contributed by atoms with Crippen molar-refractivity contribution in [1.82, 2.24) is 19.4 Å². The number of likely N-dealkylation sites (N-methyl/N-ethyl adjacent to an activating group) is 1. The molecule has 1 amide bonds. The van der Waals surface area contributed by atoms with E-state index in [1.54, 1.807) is 34.0 Å². The second-order valence-corrected chi connectivity index (χ2v) is 7.95. The zero-order valence-electron chi connectivity index (χ0n) is 14.4. The molecule has 9 nitrogen and oxygen atoms in total. The minimum Gasteiger partial charge on any atom is -0.443 e. The average Bonchev–Trinajstić information content (AvgIpc) is 2.71. The first-order valence-corrected chi connectivity index (χ1v) is 8.51. The van der Waals surface area contributed by atoms with Crippen molar-refractivity contribution in [2.24, 2.45) is 7.05 Å². The number of aryl methyl sites for hydroxylation is 1. The fourth-order valence-electron chi connectivity index (χ4n) is 1.68. The first kappa shape index (κ1) is 19.2. The minimum atomic E-state index is -4.10. The number of ether oxygens (including phenoxy) is 1. The molecule has 1 N–H and O–H groups in total. The molecule has 0 saturated heterocycles. The van der Waals surface area contributed by atoms with E-state index >= 15 is 0 Å². The maximum absolute atomic E-state index is 12.5. The van der Waals surface area contributed by atoms with Crippen LogP contribution in [0.2, 0.25) is 0 Å². The van der Waals surface area contributed by atoms with E-state index in [2.05, 4.69) is 5.10 Å². The quantitative estimate of drug-likeness (QED) is 0.807. The standard InChI is InChI=1S/C13H25N5O4S/c1-13(2,3)22-12(19)15-23(20,21)18(8-7-16(4)5)11-9-14-17(6)10-11/h9-10H,7-8H2,1-6H3,(H,15,19). The lowest BCUT2D eigenvalue weighted by Gasteiger charge is -2.25. The van der Waals surface area contributed by atoms with Crippen molar-refractivity contribution in [2.45, 2.75) is 26.4 Å². The Kier molecular flexibility index (Phi) is 6.00. The Labute approximate surface area is 137 Å². The number of anilines is 1. The minimum absolute atomic E-state index is 0.164. The lowest BCUT2D eigenvalue weighted by molar-refractivity contribution is 0.0570. The van der Waals surface area contributed by atoms with Gasteiger partial charge in [0.15, 0.2) is 0 Å². The molecule has 0 atom stereocenters. The van der Waals surface area contributed by atoms with Crippen molar-refractivity contribution < 1.29 is 17.9 Å². The molecule has 1 aromatic heterocycles. The Morgan fingerprint density at radius 2 is 1.96 bits per heavy atom. The van der Waals surface area contributed by atoms with Crippen LogP contribution in [0.4, 0.5) is 10.5 Å². The van der Waals surface area contributed by atoms with Crippen molar-refractivity contribution in [2.75, 3.05) is 31.5 Å². The predicted molar refractivity (Wildman–Crippen MR) is 87.4 cm³/mol. The van der Waals surface area contributed by atoms with Crippen molar-refractivity contribution in [3.05, 3.63) is 12.4 Å². The molecule has 10 heteroatoms. The van der Waals surface area contributed by atoms with Crippen molar-refractivity contribution in [3.8, 4) is 0 Å². The first-order valence-electron chi connectivity index (χ1n) is 7.07. The summed E-state index contributed by atoms with van der Waals surface area (Å²) >= 11 is 0. The van der Waals surface area contributed by atoms with Gasteiger partial charge in [0.25, 0.3) is 0 Å². The van der Waals surface area contributed by atoms with Crippen LogP contribution in [0, 0.1) is 0 Å². The van der Waals surface area contributed by atoms with E-state index in [9.17, 15) is 13.2 Å². The Bertz CT molecular complexity index is 633. The van der Waals surface area contributed by atoms with Crippen molar-refractivity contribution in [1.29, 1.82) is 0 Å². The molecular weight excluding hydrogens is 322 g/mol. The third-order valence-electron chi connectivity index (χ3n) is 2.63. The number of nitrogens with one attached hydrogen (secondary N) is 1. The highest BCUT2D eigenvalue weighted by Crippen LogP contribution is 2.16. The molecule has 0 unspecified atom stereocenters. The number of hydrogen-bond acceptors (Lipinski definition) is 6. The smallest absolute Gasteiger partial charge is 0.422 e. The molecule has 1 rings (SSSR count). The van der Waals surface area contributed by atoms with Gasteiger partial charge in [-0.2, -0.15) is 13.5 Å². The highest BCUT2D eigenvalue weighted by atomic mass is 32.2. The number of hydrogen-bond donors (Lipinski definition) is 1. The number of carbonyl (C=O) groups excluding carboxylic acids is 1. The van der Waals surface area contributed by atoms with Crippen molar-refractivity contribution in [3.63, 3.8) is 0 Å². The van der Waals surface area contributed by atoms with Crippen LogP contribution in [-0.2, 0) is 22.0 Å². The van der Waals surface area contributed by atoms with Gasteiger partial charge in [-0.1, -0.05) is 0 Å². The van der Waals surface area contributed by atoms with E-state index in [4.69, 9.17) is 4.74 Å². The van der Waals surface area contributed by atoms with Crippen LogP contribution in [0.3, 0.4) is 0 Å². The summed E-state index contributed by atoms with van der Waals surface area (Å²) < 4.78 is 34.5. The van der Waals surface area contributed by atoms with E-state index < -0.39 is 21.9 Å². The van der Waals surface area contributed by atoms with Crippen LogP contribution in [0.1, 0.15) is 20.8 Å². The molecule has 0 fully saturated rings. The van der Waals surface area contributed by atoms with Gasteiger partial charge in [-0.25, -0.2) is 13.8 Å². The topological polar surface area (TPSA) is 96.8 Å². The molecule has 0 aromatic carbocycles. The van der Waals surface area contributed by atoms with Crippen LogP contribution >= 0.6 is 0 Å². The van der Waals surface area contributed by atoms with E-state index in [1.165, 1.54) is 10.9 Å². The molecule has 0 aliphatic heterocycles. The van der Waals surface area contributed by atoms with E-state index in [0.717, 1.165) is 4.31 Å². The number of rotatable bonds is 6. The normalized spacial score (nSPS) is 12.3. The summed E-state index contributed by atoms with van der Waals surface area (Å²) in [5.74, 6) is 0. The number of amides is 1. The average molecular weight is 347 g/mol. The summed E-state index contributed by atoms with van der Waals surface area (Å²) in [5, 5.41) is 3.97. The maximum atomic E-state index is 12.5. The molecular formula is C13H25N5O4S. The molecule has 0 saturated carbocycles. The fraction of sp³-hybridized carbons (Fsp3) is 0.692. The van der Waals surface area contributed by atoms with Gasteiger partial charge in [0, 0.05) is 26.3 Å². The molecule has 1 heterocycles. The van der Waals surface area contributed by atoms with Crippen LogP contribution in [-0.4, -0.2) is 62.0 Å². The molecule has 0 aliphatic carbocycles. The third-order valence-corrected chi connectivity index (χ3v) is 4.03. The van der Waals surface area contributed by atoms with Crippen LogP contribution < -0.4 is 9.03 Å². The van der Waals surface area contributed by atoms with Crippen LogP contribution in [0.15, 0.2) is 12.4 Å². The molecule has 0 aliphatic rings. The Morgan fingerprint density at radius 3 is 2.39 bits per heavy atom. The molecule has 0 spiro atoms. The fourth-order valence-corrected chi connectivity index (χ4v) is 2.73. The number of aromatic nitrogens is 2. The first-order chi connectivity index (χ1) is 10.4. The summed E-state index contributed by atoms with van der Waals surface area (Å²) in [6, 6.07) is 0. The number of nitrogens with zero attached hydrogens (tertiary/aromatic N) is 4. The van der Waals surface area contributed by atoms with Crippen molar-refractivity contribution >= 4 is 22.0 Å². The van der Waals surface area contributed by atoms with Gasteiger partial charge >= 0.3 is 16.3 Å². The Balaban J connectivity index is 2.97. The second-order valence-electron chi connectivity index (χ2n) is 6.36.